The van der Waals surface area contributed by atoms with Crippen LogP contribution in [0, 0.1) is 0 Å². The monoisotopic (exact) mass is 304 g/mol. The maximum atomic E-state index is 5.66. The Morgan fingerprint density at radius 3 is 2.65 bits per heavy atom. The van der Waals surface area contributed by atoms with Crippen LogP contribution < -0.4 is 4.90 Å². The number of benzene rings is 2. The highest BCUT2D eigenvalue weighted by atomic mass is 16.5. The summed E-state index contributed by atoms with van der Waals surface area (Å²) in [5, 5.41) is 1.20. The average Bonchev–Trinajstić information content (AvgIpc) is 2.61. The molecule has 2 aromatic carbocycles. The summed E-state index contributed by atoms with van der Waals surface area (Å²) in [5.41, 5.74) is 3.52. The van der Waals surface area contributed by atoms with Crippen molar-refractivity contribution in [1.82, 2.24) is 4.98 Å². The van der Waals surface area contributed by atoms with Crippen LogP contribution in [0.15, 0.2) is 60.7 Å². The Labute approximate surface area is 136 Å². The third-order valence-electron chi connectivity index (χ3n) is 4.35. The molecule has 0 radical (unpaired) electrons. The van der Waals surface area contributed by atoms with Crippen molar-refractivity contribution in [2.24, 2.45) is 0 Å². The van der Waals surface area contributed by atoms with Crippen molar-refractivity contribution in [3.8, 4) is 11.1 Å². The second-order valence-corrected chi connectivity index (χ2v) is 6.04. The van der Waals surface area contributed by atoms with Crippen LogP contribution in [-0.2, 0) is 4.74 Å². The molecule has 116 valence electrons. The van der Waals surface area contributed by atoms with Gasteiger partial charge in [-0.3, -0.25) is 0 Å². The Kier molecular flexibility index (Phi) is 3.72. The largest absolute Gasteiger partial charge is 0.375 e. The first kappa shape index (κ1) is 14.2. The van der Waals surface area contributed by atoms with Gasteiger partial charge in [0.15, 0.2) is 0 Å². The van der Waals surface area contributed by atoms with Crippen molar-refractivity contribution >= 4 is 16.7 Å². The molecule has 1 aliphatic heterocycles. The fourth-order valence-electron chi connectivity index (χ4n) is 3.21. The van der Waals surface area contributed by atoms with E-state index in [-0.39, 0.29) is 6.10 Å². The molecule has 2 heterocycles. The number of aromatic nitrogens is 1. The average molecular weight is 304 g/mol. The summed E-state index contributed by atoms with van der Waals surface area (Å²) in [6, 6.07) is 21.1. The number of ether oxygens (including phenoxy) is 1. The Hall–Kier alpha value is -2.39. The van der Waals surface area contributed by atoms with Crippen LogP contribution in [0.3, 0.4) is 0 Å². The molecule has 0 spiro atoms. The van der Waals surface area contributed by atoms with Crippen molar-refractivity contribution in [2.45, 2.75) is 13.0 Å². The van der Waals surface area contributed by atoms with Gasteiger partial charge in [0.1, 0.15) is 5.82 Å². The molecule has 0 amide bonds. The number of nitrogens with zero attached hydrogens (tertiary/aromatic N) is 2. The molecule has 0 aliphatic carbocycles. The molecule has 1 saturated heterocycles. The minimum atomic E-state index is 0.247. The van der Waals surface area contributed by atoms with E-state index in [1.807, 2.05) is 0 Å². The number of pyridine rings is 1. The number of anilines is 1. The molecule has 1 aromatic heterocycles. The van der Waals surface area contributed by atoms with Gasteiger partial charge in [-0.15, -0.1) is 0 Å². The zero-order valence-electron chi connectivity index (χ0n) is 13.3. The molecule has 0 bridgehead atoms. The van der Waals surface area contributed by atoms with Crippen LogP contribution in [0.5, 0.6) is 0 Å². The lowest BCUT2D eigenvalue weighted by Crippen LogP contribution is -2.41. The van der Waals surface area contributed by atoms with Gasteiger partial charge in [0.2, 0.25) is 0 Å². The van der Waals surface area contributed by atoms with E-state index in [2.05, 4.69) is 72.5 Å². The molecule has 3 nitrogen and oxygen atoms in total. The first-order chi connectivity index (χ1) is 11.3. The van der Waals surface area contributed by atoms with Crippen LogP contribution in [-0.4, -0.2) is 30.8 Å². The standard InChI is InChI=1S/C20H20N2O/c1-15-14-22(11-12-23-15)20-13-18(16-7-3-2-4-8-16)17-9-5-6-10-19(17)21-20/h2-10,13,15H,11-12,14H2,1H3. The minimum absolute atomic E-state index is 0.247. The second-order valence-electron chi connectivity index (χ2n) is 6.04. The van der Waals surface area contributed by atoms with Gasteiger partial charge in [0.05, 0.1) is 18.2 Å². The molecule has 1 unspecified atom stereocenters. The molecule has 1 aliphatic rings. The molecular weight excluding hydrogens is 284 g/mol. The van der Waals surface area contributed by atoms with Crippen LogP contribution in [0.25, 0.3) is 22.0 Å². The molecule has 3 aromatic rings. The van der Waals surface area contributed by atoms with Gasteiger partial charge in [0, 0.05) is 18.5 Å². The number of hydrogen-bond donors (Lipinski definition) is 0. The lowest BCUT2D eigenvalue weighted by Gasteiger charge is -2.32. The Morgan fingerprint density at radius 2 is 1.83 bits per heavy atom. The van der Waals surface area contributed by atoms with E-state index >= 15 is 0 Å². The molecule has 23 heavy (non-hydrogen) atoms. The smallest absolute Gasteiger partial charge is 0.130 e. The van der Waals surface area contributed by atoms with Crippen molar-refractivity contribution < 1.29 is 4.74 Å². The number of morpholine rings is 1. The first-order valence-corrected chi connectivity index (χ1v) is 8.13. The third-order valence-corrected chi connectivity index (χ3v) is 4.35. The van der Waals surface area contributed by atoms with Crippen LogP contribution in [0.2, 0.25) is 0 Å². The summed E-state index contributed by atoms with van der Waals surface area (Å²) in [4.78, 5) is 7.22. The quantitative estimate of drug-likeness (QED) is 0.712. The van der Waals surface area contributed by atoms with Crippen LogP contribution in [0.4, 0.5) is 5.82 Å². The number of para-hydroxylation sites is 1. The van der Waals surface area contributed by atoms with Crippen molar-refractivity contribution in [1.29, 1.82) is 0 Å². The summed E-state index contributed by atoms with van der Waals surface area (Å²) in [7, 11) is 0. The van der Waals surface area contributed by atoms with E-state index < -0.39 is 0 Å². The minimum Gasteiger partial charge on any atom is -0.375 e. The van der Waals surface area contributed by atoms with Gasteiger partial charge in [-0.1, -0.05) is 48.5 Å². The molecule has 1 atom stereocenters. The van der Waals surface area contributed by atoms with Gasteiger partial charge in [-0.25, -0.2) is 4.98 Å². The van der Waals surface area contributed by atoms with Gasteiger partial charge >= 0.3 is 0 Å². The first-order valence-electron chi connectivity index (χ1n) is 8.13. The highest BCUT2D eigenvalue weighted by Gasteiger charge is 2.19. The molecular formula is C20H20N2O. The predicted octanol–water partition coefficient (Wildman–Crippen LogP) is 4.13. The normalized spacial score (nSPS) is 18.3. The fraction of sp³-hybridized carbons (Fsp3) is 0.250. The summed E-state index contributed by atoms with van der Waals surface area (Å²) in [5.74, 6) is 1.04. The molecule has 1 fully saturated rings. The molecule has 3 heteroatoms. The van der Waals surface area contributed by atoms with Gasteiger partial charge in [-0.05, 0) is 30.2 Å². The molecule has 0 N–H and O–H groups in total. The lowest BCUT2D eigenvalue weighted by molar-refractivity contribution is 0.0529. The summed E-state index contributed by atoms with van der Waals surface area (Å²) in [6.45, 7) is 4.66. The zero-order valence-corrected chi connectivity index (χ0v) is 13.3. The van der Waals surface area contributed by atoms with Crippen LogP contribution >= 0.6 is 0 Å². The molecule has 4 rings (SSSR count). The van der Waals surface area contributed by atoms with Crippen molar-refractivity contribution in [3.05, 3.63) is 60.7 Å². The Balaban J connectivity index is 1.87. The SMILES string of the molecule is CC1CN(c2cc(-c3ccccc3)c3ccccc3n2)CCO1. The lowest BCUT2D eigenvalue weighted by atomic mass is 10.0. The molecule has 0 saturated carbocycles. The van der Waals surface area contributed by atoms with Gasteiger partial charge in [-0.2, -0.15) is 0 Å². The zero-order chi connectivity index (χ0) is 15.6. The highest BCUT2D eigenvalue weighted by Crippen LogP contribution is 2.31. The predicted molar refractivity (Wildman–Crippen MR) is 94.8 cm³/mol. The summed E-state index contributed by atoms with van der Waals surface area (Å²) < 4.78 is 5.66. The highest BCUT2D eigenvalue weighted by molar-refractivity contribution is 5.96. The maximum Gasteiger partial charge on any atom is 0.130 e. The fourth-order valence-corrected chi connectivity index (χ4v) is 3.21. The third kappa shape index (κ3) is 2.80. The van der Waals surface area contributed by atoms with Gasteiger partial charge < -0.3 is 9.64 Å². The van der Waals surface area contributed by atoms with Gasteiger partial charge in [0.25, 0.3) is 0 Å². The Bertz CT molecular complexity index is 816. The van der Waals surface area contributed by atoms with E-state index in [9.17, 15) is 0 Å². The maximum absolute atomic E-state index is 5.66. The van der Waals surface area contributed by atoms with E-state index in [0.29, 0.717) is 0 Å². The number of rotatable bonds is 2. The van der Waals surface area contributed by atoms with E-state index in [1.54, 1.807) is 0 Å². The van der Waals surface area contributed by atoms with E-state index in [1.165, 1.54) is 16.5 Å². The Morgan fingerprint density at radius 1 is 1.04 bits per heavy atom. The summed E-state index contributed by atoms with van der Waals surface area (Å²) >= 11 is 0. The number of fused-ring (bicyclic) bond motifs is 1. The number of hydrogen-bond acceptors (Lipinski definition) is 3. The van der Waals surface area contributed by atoms with Crippen molar-refractivity contribution in [2.75, 3.05) is 24.6 Å². The second kappa shape index (κ2) is 6.01. The van der Waals surface area contributed by atoms with Crippen molar-refractivity contribution in [3.63, 3.8) is 0 Å². The topological polar surface area (TPSA) is 25.4 Å². The summed E-state index contributed by atoms with van der Waals surface area (Å²) in [6.07, 6.45) is 0.247. The van der Waals surface area contributed by atoms with E-state index in [0.717, 1.165) is 31.0 Å². The van der Waals surface area contributed by atoms with Crippen LogP contribution in [0.1, 0.15) is 6.92 Å². The van der Waals surface area contributed by atoms with E-state index in [4.69, 9.17) is 9.72 Å².